The summed E-state index contributed by atoms with van der Waals surface area (Å²) in [6.45, 7) is 2.13. The van der Waals surface area contributed by atoms with Crippen molar-refractivity contribution in [1.82, 2.24) is 4.98 Å². The average molecular weight is 279 g/mol. The predicted molar refractivity (Wildman–Crippen MR) is 71.3 cm³/mol. The molecule has 2 aromatic rings. The van der Waals surface area contributed by atoms with Crippen LogP contribution in [0.2, 0.25) is 0 Å². The number of hydrogen-bond acceptors (Lipinski definition) is 2. The second-order valence-electron chi connectivity index (χ2n) is 3.94. The fraction of sp³-hybridized carbons (Fsp3) is 0.308. The van der Waals surface area contributed by atoms with Gasteiger partial charge in [0.2, 0.25) is 0 Å². The second kappa shape index (κ2) is 4.93. The predicted octanol–water partition coefficient (Wildman–Crippen LogP) is 3.80. The quantitative estimate of drug-likeness (QED) is 0.928. The van der Waals surface area contributed by atoms with Crippen LogP contribution in [-0.4, -0.2) is 4.98 Å². The highest BCUT2D eigenvalue weighted by Gasteiger charge is 2.11. The van der Waals surface area contributed by atoms with E-state index in [2.05, 4.69) is 40.0 Å². The van der Waals surface area contributed by atoms with E-state index in [0.717, 1.165) is 33.9 Å². The first-order valence-electron chi connectivity index (χ1n) is 5.53. The van der Waals surface area contributed by atoms with Crippen molar-refractivity contribution in [2.45, 2.75) is 25.8 Å². The van der Waals surface area contributed by atoms with Crippen molar-refractivity contribution in [1.29, 1.82) is 0 Å². The highest BCUT2D eigenvalue weighted by atomic mass is 79.9. The van der Waals surface area contributed by atoms with Gasteiger partial charge in [-0.25, -0.2) is 4.98 Å². The zero-order chi connectivity index (χ0) is 11.5. The second-order valence-corrected chi connectivity index (χ2v) is 4.80. The van der Waals surface area contributed by atoms with Crippen LogP contribution in [0.15, 0.2) is 34.8 Å². The number of nitrogens with zero attached hydrogens (tertiary/aromatic N) is 1. The number of para-hydroxylation sites is 1. The molecule has 0 unspecified atom stereocenters. The van der Waals surface area contributed by atoms with Gasteiger partial charge >= 0.3 is 0 Å². The fourth-order valence-corrected chi connectivity index (χ4v) is 2.44. The summed E-state index contributed by atoms with van der Waals surface area (Å²) in [5, 5.41) is 1.14. The molecule has 1 heterocycles. The molecule has 84 valence electrons. The number of pyridine rings is 1. The van der Waals surface area contributed by atoms with Crippen molar-refractivity contribution in [2.24, 2.45) is 5.73 Å². The van der Waals surface area contributed by atoms with Gasteiger partial charge in [0.15, 0.2) is 0 Å². The van der Waals surface area contributed by atoms with Gasteiger partial charge in [0.05, 0.1) is 11.2 Å². The summed E-state index contributed by atoms with van der Waals surface area (Å²) in [7, 11) is 0. The van der Waals surface area contributed by atoms with Crippen LogP contribution in [0.3, 0.4) is 0 Å². The molecule has 0 fully saturated rings. The van der Waals surface area contributed by atoms with Crippen molar-refractivity contribution in [2.75, 3.05) is 0 Å². The molecular formula is C13H15BrN2. The molecule has 2 nitrogen and oxygen atoms in total. The maximum absolute atomic E-state index is 6.10. The summed E-state index contributed by atoms with van der Waals surface area (Å²) in [6, 6.07) is 10.2. The smallest absolute Gasteiger partial charge is 0.0720 e. The molecule has 1 atom stereocenters. The normalized spacial score (nSPS) is 12.9. The summed E-state index contributed by atoms with van der Waals surface area (Å²) >= 11 is 3.55. The molecular weight excluding hydrogens is 264 g/mol. The van der Waals surface area contributed by atoms with Crippen LogP contribution in [0.4, 0.5) is 0 Å². The lowest BCUT2D eigenvalue weighted by atomic mass is 10.1. The van der Waals surface area contributed by atoms with Gasteiger partial charge in [-0.1, -0.05) is 31.5 Å². The first-order chi connectivity index (χ1) is 7.72. The number of halogens is 1. The number of nitrogens with two attached hydrogens (primary N) is 1. The SMILES string of the molecule is CCC[C@H](N)c1nc2ccccc2cc1Br. The van der Waals surface area contributed by atoms with Gasteiger partial charge in [-0.2, -0.15) is 0 Å². The van der Waals surface area contributed by atoms with E-state index >= 15 is 0 Å². The Morgan fingerprint density at radius 3 is 2.88 bits per heavy atom. The molecule has 0 aliphatic rings. The van der Waals surface area contributed by atoms with E-state index in [1.165, 1.54) is 0 Å². The third-order valence-corrected chi connectivity index (χ3v) is 3.29. The molecule has 0 aliphatic carbocycles. The monoisotopic (exact) mass is 278 g/mol. The minimum absolute atomic E-state index is 0.0176. The lowest BCUT2D eigenvalue weighted by Gasteiger charge is -2.12. The van der Waals surface area contributed by atoms with Crippen LogP contribution >= 0.6 is 15.9 Å². The Hall–Kier alpha value is -0.930. The highest BCUT2D eigenvalue weighted by molar-refractivity contribution is 9.10. The maximum Gasteiger partial charge on any atom is 0.0720 e. The third kappa shape index (κ3) is 2.25. The van der Waals surface area contributed by atoms with Crippen molar-refractivity contribution < 1.29 is 0 Å². The number of aromatic nitrogens is 1. The molecule has 1 aromatic heterocycles. The molecule has 2 rings (SSSR count). The van der Waals surface area contributed by atoms with E-state index in [9.17, 15) is 0 Å². The summed E-state index contributed by atoms with van der Waals surface area (Å²) in [5.74, 6) is 0. The van der Waals surface area contributed by atoms with Crippen LogP contribution in [0, 0.1) is 0 Å². The van der Waals surface area contributed by atoms with E-state index in [1.807, 2.05) is 18.2 Å². The first kappa shape index (κ1) is 11.6. The van der Waals surface area contributed by atoms with Gasteiger partial charge in [0.25, 0.3) is 0 Å². The van der Waals surface area contributed by atoms with Gasteiger partial charge in [0, 0.05) is 15.9 Å². The highest BCUT2D eigenvalue weighted by Crippen LogP contribution is 2.26. The van der Waals surface area contributed by atoms with E-state index in [1.54, 1.807) is 0 Å². The largest absolute Gasteiger partial charge is 0.323 e. The Morgan fingerprint density at radius 1 is 1.38 bits per heavy atom. The Labute approximate surface area is 104 Å². The first-order valence-corrected chi connectivity index (χ1v) is 6.32. The minimum Gasteiger partial charge on any atom is -0.323 e. The van der Waals surface area contributed by atoms with Gasteiger partial charge in [0.1, 0.15) is 0 Å². The molecule has 0 aliphatic heterocycles. The molecule has 0 amide bonds. The Balaban J connectivity index is 2.49. The average Bonchev–Trinajstić information content (AvgIpc) is 2.28. The molecule has 0 saturated carbocycles. The van der Waals surface area contributed by atoms with E-state index in [0.29, 0.717) is 0 Å². The third-order valence-electron chi connectivity index (χ3n) is 2.66. The summed E-state index contributed by atoms with van der Waals surface area (Å²) < 4.78 is 1.01. The minimum atomic E-state index is 0.0176. The van der Waals surface area contributed by atoms with Crippen LogP contribution in [0.5, 0.6) is 0 Å². The maximum atomic E-state index is 6.10. The Kier molecular flexibility index (Phi) is 3.56. The van der Waals surface area contributed by atoms with E-state index in [-0.39, 0.29) is 6.04 Å². The number of hydrogen-bond donors (Lipinski definition) is 1. The van der Waals surface area contributed by atoms with Gasteiger partial charge in [-0.3, -0.25) is 0 Å². The summed E-state index contributed by atoms with van der Waals surface area (Å²) in [4.78, 5) is 4.62. The van der Waals surface area contributed by atoms with Gasteiger partial charge in [-0.15, -0.1) is 0 Å². The lowest BCUT2D eigenvalue weighted by Crippen LogP contribution is -2.12. The van der Waals surface area contributed by atoms with Crippen LogP contribution in [-0.2, 0) is 0 Å². The summed E-state index contributed by atoms with van der Waals surface area (Å²) in [5.41, 5.74) is 8.07. The van der Waals surface area contributed by atoms with E-state index in [4.69, 9.17) is 5.73 Å². The van der Waals surface area contributed by atoms with Crippen LogP contribution in [0.1, 0.15) is 31.5 Å². The topological polar surface area (TPSA) is 38.9 Å². The Morgan fingerprint density at radius 2 is 2.12 bits per heavy atom. The van der Waals surface area contributed by atoms with Crippen molar-refractivity contribution in [3.63, 3.8) is 0 Å². The van der Waals surface area contributed by atoms with Crippen molar-refractivity contribution >= 4 is 26.8 Å². The molecule has 0 saturated heterocycles. The summed E-state index contributed by atoms with van der Waals surface area (Å²) in [6.07, 6.45) is 2.03. The van der Waals surface area contributed by atoms with Gasteiger partial charge in [-0.05, 0) is 34.5 Å². The Bertz CT molecular complexity index is 496. The standard InChI is InChI=1S/C13H15BrN2/c1-2-5-11(15)13-10(14)8-9-6-3-4-7-12(9)16-13/h3-4,6-8,11H,2,5,15H2,1H3/t11-/m0/s1. The number of rotatable bonds is 3. The molecule has 1 aromatic carbocycles. The van der Waals surface area contributed by atoms with Crippen molar-refractivity contribution in [3.05, 3.63) is 40.5 Å². The number of benzene rings is 1. The fourth-order valence-electron chi connectivity index (χ4n) is 1.81. The van der Waals surface area contributed by atoms with Crippen molar-refractivity contribution in [3.8, 4) is 0 Å². The molecule has 0 radical (unpaired) electrons. The molecule has 0 spiro atoms. The van der Waals surface area contributed by atoms with Gasteiger partial charge < -0.3 is 5.73 Å². The van der Waals surface area contributed by atoms with Crippen LogP contribution < -0.4 is 5.73 Å². The molecule has 16 heavy (non-hydrogen) atoms. The molecule has 2 N–H and O–H groups in total. The zero-order valence-corrected chi connectivity index (χ0v) is 10.9. The van der Waals surface area contributed by atoms with E-state index < -0.39 is 0 Å². The number of fused-ring (bicyclic) bond motifs is 1. The molecule has 0 bridgehead atoms. The van der Waals surface area contributed by atoms with Crippen LogP contribution in [0.25, 0.3) is 10.9 Å². The zero-order valence-electron chi connectivity index (χ0n) is 9.28. The molecule has 3 heteroatoms. The lowest BCUT2D eigenvalue weighted by molar-refractivity contribution is 0.621.